The van der Waals surface area contributed by atoms with Crippen LogP contribution in [0.25, 0.3) is 0 Å². The number of benzene rings is 2. The van der Waals surface area contributed by atoms with Crippen LogP contribution in [0, 0.1) is 17.0 Å². The largest absolute Gasteiger partial charge is 0.289 e. The highest BCUT2D eigenvalue weighted by Crippen LogP contribution is 2.17. The minimum absolute atomic E-state index is 0.0945. The molecule has 0 saturated heterocycles. The van der Waals surface area contributed by atoms with Gasteiger partial charge in [0.2, 0.25) is 0 Å². The number of nitro groups is 1. The molecule has 0 amide bonds. The van der Waals surface area contributed by atoms with Crippen molar-refractivity contribution in [2.75, 3.05) is 0 Å². The van der Waals surface area contributed by atoms with Crippen LogP contribution in [0.4, 0.5) is 5.69 Å². The van der Waals surface area contributed by atoms with Crippen LogP contribution in [-0.2, 0) is 0 Å². The van der Waals surface area contributed by atoms with E-state index in [0.29, 0.717) is 11.1 Å². The van der Waals surface area contributed by atoms with E-state index in [1.165, 1.54) is 42.7 Å². The van der Waals surface area contributed by atoms with E-state index in [1.54, 1.807) is 12.1 Å². The standard InChI is InChI=1S/C20H14N2O4/c1-13-2-4-14(5-3-13)19(23)16-10-17(12-21-11-16)20(24)15-6-8-18(9-7-15)22(25)26/h2-12H,1H3. The van der Waals surface area contributed by atoms with Gasteiger partial charge in [-0.2, -0.15) is 0 Å². The zero-order chi connectivity index (χ0) is 18.7. The van der Waals surface area contributed by atoms with E-state index in [9.17, 15) is 19.7 Å². The smallest absolute Gasteiger partial charge is 0.269 e. The maximum atomic E-state index is 12.6. The lowest BCUT2D eigenvalue weighted by Crippen LogP contribution is -2.07. The molecule has 1 heterocycles. The molecule has 0 bridgehead atoms. The van der Waals surface area contributed by atoms with Crippen molar-refractivity contribution in [2.45, 2.75) is 6.92 Å². The summed E-state index contributed by atoms with van der Waals surface area (Å²) >= 11 is 0. The van der Waals surface area contributed by atoms with Gasteiger partial charge in [0.05, 0.1) is 4.92 Å². The van der Waals surface area contributed by atoms with Crippen LogP contribution in [0.1, 0.15) is 37.4 Å². The maximum absolute atomic E-state index is 12.6. The highest BCUT2D eigenvalue weighted by atomic mass is 16.6. The molecular weight excluding hydrogens is 332 g/mol. The number of nitro benzene ring substituents is 1. The minimum Gasteiger partial charge on any atom is -0.289 e. The first-order valence-corrected chi connectivity index (χ1v) is 7.81. The fourth-order valence-corrected chi connectivity index (χ4v) is 2.46. The molecule has 0 fully saturated rings. The van der Waals surface area contributed by atoms with Crippen molar-refractivity contribution in [3.8, 4) is 0 Å². The molecule has 0 aliphatic carbocycles. The molecule has 0 unspecified atom stereocenters. The van der Waals surface area contributed by atoms with Gasteiger partial charge in [0.25, 0.3) is 5.69 Å². The molecule has 128 valence electrons. The summed E-state index contributed by atoms with van der Waals surface area (Å²) in [6, 6.07) is 13.9. The average molecular weight is 346 g/mol. The fourth-order valence-electron chi connectivity index (χ4n) is 2.46. The predicted molar refractivity (Wildman–Crippen MR) is 95.4 cm³/mol. The van der Waals surface area contributed by atoms with Gasteiger partial charge in [-0.05, 0) is 25.1 Å². The number of carbonyl (C=O) groups is 2. The lowest BCUT2D eigenvalue weighted by molar-refractivity contribution is -0.384. The molecule has 6 heteroatoms. The highest BCUT2D eigenvalue weighted by molar-refractivity contribution is 6.12. The first kappa shape index (κ1) is 17.2. The molecular formula is C20H14N2O4. The van der Waals surface area contributed by atoms with Gasteiger partial charge in [-0.1, -0.05) is 29.8 Å². The van der Waals surface area contributed by atoms with Gasteiger partial charge in [0.15, 0.2) is 11.6 Å². The first-order valence-electron chi connectivity index (χ1n) is 7.81. The predicted octanol–water partition coefficient (Wildman–Crippen LogP) is 3.76. The van der Waals surface area contributed by atoms with Crippen LogP contribution in [0.3, 0.4) is 0 Å². The molecule has 0 saturated carbocycles. The van der Waals surface area contributed by atoms with E-state index in [1.807, 2.05) is 19.1 Å². The minimum atomic E-state index is -0.531. The van der Waals surface area contributed by atoms with Gasteiger partial charge in [-0.25, -0.2) is 0 Å². The number of aryl methyl sites for hydroxylation is 1. The molecule has 2 aromatic carbocycles. The number of hydrogen-bond donors (Lipinski definition) is 0. The Morgan fingerprint density at radius 2 is 1.27 bits per heavy atom. The zero-order valence-electron chi connectivity index (χ0n) is 13.9. The monoisotopic (exact) mass is 346 g/mol. The van der Waals surface area contributed by atoms with Crippen molar-refractivity contribution in [3.63, 3.8) is 0 Å². The van der Waals surface area contributed by atoms with Gasteiger partial charge >= 0.3 is 0 Å². The maximum Gasteiger partial charge on any atom is 0.269 e. The lowest BCUT2D eigenvalue weighted by atomic mass is 9.99. The Kier molecular flexibility index (Phi) is 4.66. The van der Waals surface area contributed by atoms with Crippen molar-refractivity contribution in [3.05, 3.63) is 105 Å². The van der Waals surface area contributed by atoms with Crippen LogP contribution in [-0.4, -0.2) is 21.5 Å². The van der Waals surface area contributed by atoms with Crippen LogP contribution in [0.2, 0.25) is 0 Å². The number of ketones is 2. The Balaban J connectivity index is 1.88. The van der Waals surface area contributed by atoms with E-state index in [2.05, 4.69) is 4.98 Å². The highest BCUT2D eigenvalue weighted by Gasteiger charge is 2.15. The molecule has 0 aliphatic rings. The van der Waals surface area contributed by atoms with E-state index >= 15 is 0 Å². The second-order valence-corrected chi connectivity index (χ2v) is 5.79. The van der Waals surface area contributed by atoms with Crippen LogP contribution in [0.5, 0.6) is 0 Å². The van der Waals surface area contributed by atoms with Gasteiger partial charge < -0.3 is 0 Å². The third kappa shape index (κ3) is 3.54. The molecule has 0 aliphatic heterocycles. The van der Waals surface area contributed by atoms with Crippen LogP contribution < -0.4 is 0 Å². The Labute approximate surface area is 149 Å². The Morgan fingerprint density at radius 3 is 1.73 bits per heavy atom. The molecule has 3 aromatic rings. The number of rotatable bonds is 5. The summed E-state index contributed by atoms with van der Waals surface area (Å²) in [4.78, 5) is 39.3. The van der Waals surface area contributed by atoms with Crippen molar-refractivity contribution in [1.82, 2.24) is 4.98 Å². The van der Waals surface area contributed by atoms with Crippen LogP contribution >= 0.6 is 0 Å². The zero-order valence-corrected chi connectivity index (χ0v) is 13.9. The number of pyridine rings is 1. The third-order valence-corrected chi connectivity index (χ3v) is 3.92. The Morgan fingerprint density at radius 1 is 0.808 bits per heavy atom. The second kappa shape index (κ2) is 7.06. The lowest BCUT2D eigenvalue weighted by Gasteiger charge is -2.05. The summed E-state index contributed by atoms with van der Waals surface area (Å²) < 4.78 is 0. The molecule has 0 N–H and O–H groups in total. The van der Waals surface area contributed by atoms with Crippen molar-refractivity contribution >= 4 is 17.3 Å². The van der Waals surface area contributed by atoms with E-state index in [-0.39, 0.29) is 28.4 Å². The number of aromatic nitrogens is 1. The molecule has 0 radical (unpaired) electrons. The summed E-state index contributed by atoms with van der Waals surface area (Å²) in [6.45, 7) is 1.93. The van der Waals surface area contributed by atoms with Gasteiger partial charge in [-0.15, -0.1) is 0 Å². The number of hydrogen-bond acceptors (Lipinski definition) is 5. The SMILES string of the molecule is Cc1ccc(C(=O)c2cncc(C(=O)c3ccc([N+](=O)[O-])cc3)c2)cc1. The molecule has 0 spiro atoms. The van der Waals surface area contributed by atoms with E-state index in [0.717, 1.165) is 5.56 Å². The van der Waals surface area contributed by atoms with Crippen molar-refractivity contribution < 1.29 is 14.5 Å². The number of non-ortho nitro benzene ring substituents is 1. The summed E-state index contributed by atoms with van der Waals surface area (Å²) in [5.74, 6) is -0.582. The molecule has 1 aromatic heterocycles. The van der Waals surface area contributed by atoms with Crippen molar-refractivity contribution in [2.24, 2.45) is 0 Å². The molecule has 3 rings (SSSR count). The number of carbonyl (C=O) groups excluding carboxylic acids is 2. The number of nitrogens with zero attached hydrogens (tertiary/aromatic N) is 2. The molecule has 0 atom stereocenters. The van der Waals surface area contributed by atoms with E-state index in [4.69, 9.17) is 0 Å². The van der Waals surface area contributed by atoms with Gasteiger partial charge in [0, 0.05) is 46.8 Å². The Bertz CT molecular complexity index is 993. The van der Waals surface area contributed by atoms with Gasteiger partial charge in [-0.3, -0.25) is 24.7 Å². The first-order chi connectivity index (χ1) is 12.5. The summed E-state index contributed by atoms with van der Waals surface area (Å²) in [5.41, 5.74) is 2.30. The second-order valence-electron chi connectivity index (χ2n) is 5.79. The molecule has 6 nitrogen and oxygen atoms in total. The fraction of sp³-hybridized carbons (Fsp3) is 0.0500. The van der Waals surface area contributed by atoms with Crippen LogP contribution in [0.15, 0.2) is 67.0 Å². The quantitative estimate of drug-likeness (QED) is 0.398. The van der Waals surface area contributed by atoms with Gasteiger partial charge in [0.1, 0.15) is 0 Å². The summed E-state index contributed by atoms with van der Waals surface area (Å²) in [6.07, 6.45) is 2.78. The molecule has 26 heavy (non-hydrogen) atoms. The Hall–Kier alpha value is -3.67. The van der Waals surface area contributed by atoms with Crippen molar-refractivity contribution in [1.29, 1.82) is 0 Å². The summed E-state index contributed by atoms with van der Waals surface area (Å²) in [7, 11) is 0. The average Bonchev–Trinajstić information content (AvgIpc) is 2.67. The topological polar surface area (TPSA) is 90.2 Å². The van der Waals surface area contributed by atoms with E-state index < -0.39 is 4.92 Å². The summed E-state index contributed by atoms with van der Waals surface area (Å²) in [5, 5.41) is 10.7. The third-order valence-electron chi connectivity index (χ3n) is 3.92. The normalized spacial score (nSPS) is 10.3.